The molecule has 0 saturated carbocycles. The van der Waals surface area contributed by atoms with E-state index in [0.29, 0.717) is 0 Å². The average molecular weight is 139 g/mol. The van der Waals surface area contributed by atoms with Crippen molar-refractivity contribution in [2.75, 3.05) is 0 Å². The summed E-state index contributed by atoms with van der Waals surface area (Å²) in [5.74, 6) is 0. The van der Waals surface area contributed by atoms with Crippen molar-refractivity contribution in [2.24, 2.45) is 0 Å². The lowest BCUT2D eigenvalue weighted by molar-refractivity contribution is -0.402. The molecule has 8 heavy (non-hydrogen) atoms. The van der Waals surface area contributed by atoms with Gasteiger partial charge in [0.15, 0.2) is 8.66 Å². The molecule has 0 unspecified atom stereocenters. The predicted molar refractivity (Wildman–Crippen MR) is 24.1 cm³/mol. The maximum absolute atomic E-state index is 9.33. The van der Waals surface area contributed by atoms with E-state index in [4.69, 9.17) is 4.78 Å². The Labute approximate surface area is 45.8 Å². The van der Waals surface area contributed by atoms with E-state index in [9.17, 15) is 20.2 Å². The van der Waals surface area contributed by atoms with Gasteiger partial charge in [-0.3, -0.25) is 0 Å². The fourth-order valence-corrected chi connectivity index (χ4v) is 0.163. The molecule has 0 atom stereocenters. The Morgan fingerprint density at radius 3 is 1.50 bits per heavy atom. The van der Waals surface area contributed by atoms with Crippen LogP contribution in [0.1, 0.15) is 0 Å². The molecule has 0 aliphatic carbocycles. The number of nitrogens with zero attached hydrogens (tertiary/aromatic N) is 2. The fourth-order valence-electron chi connectivity index (χ4n) is 0.0544. The van der Waals surface area contributed by atoms with Crippen LogP contribution in [0.4, 0.5) is 0 Å². The second-order valence-electron chi connectivity index (χ2n) is 0.711. The third kappa shape index (κ3) is 1.60. The van der Waals surface area contributed by atoms with Crippen LogP contribution in [0.2, 0.25) is 0 Å². The molecule has 0 bridgehead atoms. The lowest BCUT2D eigenvalue weighted by Gasteiger charge is -1.78. The summed E-state index contributed by atoms with van der Waals surface area (Å²) in [5, 5.41) is 18.7. The molecule has 0 rings (SSSR count). The molecule has 0 aromatic heterocycles. The van der Waals surface area contributed by atoms with Crippen molar-refractivity contribution in [2.45, 2.75) is 0 Å². The molecule has 46 valence electrons. The van der Waals surface area contributed by atoms with Gasteiger partial charge in [-0.15, -0.1) is 4.78 Å². The Morgan fingerprint density at radius 1 is 1.25 bits per heavy atom. The molecule has 0 amide bonds. The van der Waals surface area contributed by atoms with Gasteiger partial charge >= 0.3 is 11.1 Å². The monoisotopic (exact) mass is 139 g/mol. The highest BCUT2D eigenvalue weighted by Gasteiger charge is 2.20. The molecule has 0 radical (unpaired) electrons. The third-order valence-corrected chi connectivity index (χ3v) is 0.847. The molecule has 0 fully saturated rings. The van der Waals surface area contributed by atoms with Crippen molar-refractivity contribution >= 4 is 11.1 Å². The largest absolute Gasteiger partial charge is 0.562 e. The van der Waals surface area contributed by atoms with Crippen LogP contribution < -0.4 is 0 Å². The summed E-state index contributed by atoms with van der Waals surface area (Å²) in [5.41, 5.74) is 0. The van der Waals surface area contributed by atoms with Crippen molar-refractivity contribution in [1.82, 2.24) is 0 Å². The van der Waals surface area contributed by atoms with Crippen LogP contribution in [-0.4, -0.2) is 8.66 Å². The van der Waals surface area contributed by atoms with Gasteiger partial charge in [0.1, 0.15) is 0 Å². The minimum atomic E-state index is -2.68. The van der Waals surface area contributed by atoms with E-state index in [1.807, 2.05) is 0 Å². The standard InChI is InChI=1S/HN3O4S/c1-8(2(4)5)3(6)7/h1H. The minimum absolute atomic E-state index is 1.26. The number of hydrogen-bond donors (Lipinski definition) is 1. The Bertz CT molecular complexity index is 133. The van der Waals surface area contributed by atoms with Crippen LogP contribution in [0.15, 0.2) is 0 Å². The fraction of sp³-hybridized carbons (Fsp3) is 0. The van der Waals surface area contributed by atoms with Gasteiger partial charge in [0.2, 0.25) is 0 Å². The minimum Gasteiger partial charge on any atom is -0.245 e. The summed E-state index contributed by atoms with van der Waals surface area (Å²) in [6.45, 7) is 0. The number of nitro groups is 2. The van der Waals surface area contributed by atoms with Gasteiger partial charge in [0.05, 0.1) is 0 Å². The van der Waals surface area contributed by atoms with Crippen LogP contribution in [-0.2, 0) is 11.1 Å². The Hall–Kier alpha value is -1.05. The van der Waals surface area contributed by atoms with Gasteiger partial charge < -0.3 is 0 Å². The van der Waals surface area contributed by atoms with E-state index in [-0.39, 0.29) is 0 Å². The smallest absolute Gasteiger partial charge is 0.245 e. The molecule has 0 saturated heterocycles. The van der Waals surface area contributed by atoms with Crippen molar-refractivity contribution in [3.8, 4) is 0 Å². The molecule has 0 aromatic rings. The summed E-state index contributed by atoms with van der Waals surface area (Å²) in [7, 11) is 0. The summed E-state index contributed by atoms with van der Waals surface area (Å²) in [6, 6.07) is 0. The van der Waals surface area contributed by atoms with Gasteiger partial charge in [-0.05, 0) is 0 Å². The second kappa shape index (κ2) is 2.31. The summed E-state index contributed by atoms with van der Waals surface area (Å²) >= 11 is -2.68. The van der Waals surface area contributed by atoms with Crippen LogP contribution in [0.5, 0.6) is 0 Å². The zero-order valence-electron chi connectivity index (χ0n) is 3.44. The van der Waals surface area contributed by atoms with Gasteiger partial charge in [-0.25, -0.2) is 20.2 Å². The number of rotatable bonds is 2. The lowest BCUT2D eigenvalue weighted by Crippen LogP contribution is -2.11. The van der Waals surface area contributed by atoms with Crippen LogP contribution in [0, 0.1) is 25.0 Å². The molecule has 7 nitrogen and oxygen atoms in total. The average Bonchev–Trinajstić information content (AvgIpc) is 1.64. The number of nitrogens with one attached hydrogen (secondary N) is 1. The summed E-state index contributed by atoms with van der Waals surface area (Å²) < 4.78 is 3.58. The highest BCUT2D eigenvalue weighted by atomic mass is 32.2. The zero-order valence-corrected chi connectivity index (χ0v) is 4.25. The molecule has 0 spiro atoms. The van der Waals surface area contributed by atoms with Crippen molar-refractivity contribution < 1.29 is 8.66 Å². The van der Waals surface area contributed by atoms with Crippen molar-refractivity contribution in [3.63, 3.8) is 0 Å². The highest BCUT2D eigenvalue weighted by Crippen LogP contribution is 1.82. The third-order valence-electron chi connectivity index (χ3n) is 0.282. The molecule has 8 heteroatoms. The zero-order chi connectivity index (χ0) is 6.73. The van der Waals surface area contributed by atoms with Crippen molar-refractivity contribution in [1.29, 1.82) is 4.78 Å². The summed E-state index contributed by atoms with van der Waals surface area (Å²) in [4.78, 5) is 18.7. The molecule has 0 heterocycles. The lowest BCUT2D eigenvalue weighted by atomic mass is 13.3. The second-order valence-corrected chi connectivity index (χ2v) is 1.84. The Kier molecular flexibility index (Phi) is 2.00. The van der Waals surface area contributed by atoms with E-state index in [1.165, 1.54) is 0 Å². The SMILES string of the molecule is N=S([N+](=O)[O-])[N+](=O)[O-]. The maximum Gasteiger partial charge on any atom is 0.562 e. The Morgan fingerprint density at radius 2 is 1.50 bits per heavy atom. The normalized spacial score (nSPS) is 9.12. The van der Waals surface area contributed by atoms with Crippen LogP contribution >= 0.6 is 0 Å². The summed E-state index contributed by atoms with van der Waals surface area (Å²) in [6.07, 6.45) is 0. The molecule has 0 aliphatic heterocycles. The first kappa shape index (κ1) is 6.95. The first-order valence-electron chi connectivity index (χ1n) is 1.30. The van der Waals surface area contributed by atoms with Crippen LogP contribution in [0.25, 0.3) is 0 Å². The number of hydrogen-bond acceptors (Lipinski definition) is 5. The van der Waals surface area contributed by atoms with E-state index >= 15 is 0 Å². The van der Waals surface area contributed by atoms with E-state index in [1.54, 1.807) is 0 Å². The van der Waals surface area contributed by atoms with Gasteiger partial charge in [-0.2, -0.15) is 0 Å². The molecule has 1 N–H and O–H groups in total. The highest BCUT2D eigenvalue weighted by molar-refractivity contribution is 7.73. The Balaban J connectivity index is 4.05. The molecular formula is HN3O4S. The van der Waals surface area contributed by atoms with Gasteiger partial charge in [0, 0.05) is 0 Å². The first-order chi connectivity index (χ1) is 3.55. The maximum atomic E-state index is 9.33. The molecular weight excluding hydrogens is 138 g/mol. The van der Waals surface area contributed by atoms with E-state index in [2.05, 4.69) is 0 Å². The quantitative estimate of drug-likeness (QED) is 0.420. The van der Waals surface area contributed by atoms with Gasteiger partial charge in [-0.1, -0.05) is 0 Å². The topological polar surface area (TPSA) is 110 Å². The molecule has 0 aliphatic rings. The van der Waals surface area contributed by atoms with Gasteiger partial charge in [0.25, 0.3) is 0 Å². The van der Waals surface area contributed by atoms with Crippen LogP contribution in [0.3, 0.4) is 0 Å². The van der Waals surface area contributed by atoms with E-state index < -0.39 is 19.7 Å². The first-order valence-corrected chi connectivity index (χ1v) is 2.44. The predicted octanol–water partition coefficient (Wildman–Crippen LogP) is -0.250. The van der Waals surface area contributed by atoms with E-state index in [0.717, 1.165) is 0 Å². The molecule has 0 aromatic carbocycles. The van der Waals surface area contributed by atoms with Crippen molar-refractivity contribution in [3.05, 3.63) is 20.2 Å².